The summed E-state index contributed by atoms with van der Waals surface area (Å²) in [6.07, 6.45) is -9.46. The number of rotatable bonds is 2. The van der Waals surface area contributed by atoms with E-state index in [1.807, 2.05) is 22.6 Å². The van der Waals surface area contributed by atoms with Crippen molar-refractivity contribution in [2.24, 2.45) is 0 Å². The Hall–Kier alpha value is -2.04. The van der Waals surface area contributed by atoms with Gasteiger partial charge in [-0.1, -0.05) is 12.1 Å². The molecule has 3 rings (SSSR count). The molecule has 0 spiro atoms. The lowest BCUT2D eigenvalue weighted by molar-refractivity contribution is -0.140. The zero-order valence-corrected chi connectivity index (χ0v) is 14.9. The van der Waals surface area contributed by atoms with Crippen LogP contribution in [0.2, 0.25) is 0 Å². The van der Waals surface area contributed by atoms with Crippen LogP contribution in [-0.4, -0.2) is 4.98 Å². The summed E-state index contributed by atoms with van der Waals surface area (Å²) >= 11 is 2.04. The van der Waals surface area contributed by atoms with Crippen LogP contribution in [0.15, 0.2) is 48.5 Å². The third-order valence-corrected chi connectivity index (χ3v) is 4.20. The van der Waals surface area contributed by atoms with Crippen LogP contribution in [0, 0.1) is 3.57 Å². The summed E-state index contributed by atoms with van der Waals surface area (Å²) < 4.78 is 78.8. The molecule has 0 bridgehead atoms. The fraction of sp³-hybridized carbons (Fsp3) is 0.118. The molecule has 9 heteroatoms. The van der Waals surface area contributed by atoms with E-state index in [0.717, 1.165) is 21.8 Å². The zero-order chi connectivity index (χ0) is 19.1. The first-order valence-electron chi connectivity index (χ1n) is 7.16. The summed E-state index contributed by atoms with van der Waals surface area (Å²) in [5.41, 5.74) is -2.17. The van der Waals surface area contributed by atoms with Crippen molar-refractivity contribution in [3.8, 4) is 0 Å². The second-order valence-corrected chi connectivity index (χ2v) is 6.66. The van der Waals surface area contributed by atoms with E-state index in [9.17, 15) is 26.3 Å². The van der Waals surface area contributed by atoms with Crippen LogP contribution in [-0.2, 0) is 12.4 Å². The van der Waals surface area contributed by atoms with Crippen LogP contribution in [0.5, 0.6) is 0 Å². The molecular formula is C17H9F6IN2. The van der Waals surface area contributed by atoms with Gasteiger partial charge in [-0.3, -0.25) is 0 Å². The first-order valence-corrected chi connectivity index (χ1v) is 8.24. The van der Waals surface area contributed by atoms with Gasteiger partial charge in [-0.2, -0.15) is 26.3 Å². The third kappa shape index (κ3) is 4.02. The summed E-state index contributed by atoms with van der Waals surface area (Å²) in [6, 6.07) is 10.2. The van der Waals surface area contributed by atoms with Gasteiger partial charge >= 0.3 is 12.4 Å². The normalized spacial score (nSPS) is 12.4. The molecule has 0 unspecified atom stereocenters. The molecule has 0 aliphatic heterocycles. The number of alkyl halides is 6. The van der Waals surface area contributed by atoms with Crippen LogP contribution in [0.1, 0.15) is 11.3 Å². The average Bonchev–Trinajstić information content (AvgIpc) is 2.52. The number of aromatic nitrogens is 1. The van der Waals surface area contributed by atoms with E-state index in [0.29, 0.717) is 11.8 Å². The first kappa shape index (κ1) is 18.7. The molecule has 0 saturated heterocycles. The Labute approximate surface area is 157 Å². The van der Waals surface area contributed by atoms with Gasteiger partial charge in [-0.25, -0.2) is 4.98 Å². The van der Waals surface area contributed by atoms with E-state index < -0.39 is 23.6 Å². The monoisotopic (exact) mass is 482 g/mol. The maximum absolute atomic E-state index is 13.1. The Balaban J connectivity index is 2.19. The van der Waals surface area contributed by atoms with E-state index >= 15 is 0 Å². The van der Waals surface area contributed by atoms with Crippen molar-refractivity contribution in [2.45, 2.75) is 12.4 Å². The maximum atomic E-state index is 13.1. The minimum absolute atomic E-state index is 0.0260. The van der Waals surface area contributed by atoms with Crippen LogP contribution >= 0.6 is 22.6 Å². The molecule has 0 aliphatic carbocycles. The molecule has 0 radical (unpaired) electrons. The predicted octanol–water partition coefficient (Wildman–Crippen LogP) is 6.62. The summed E-state index contributed by atoms with van der Waals surface area (Å²) in [7, 11) is 0. The maximum Gasteiger partial charge on any atom is 0.433 e. The van der Waals surface area contributed by atoms with Crippen LogP contribution < -0.4 is 5.32 Å². The van der Waals surface area contributed by atoms with Gasteiger partial charge in [0.1, 0.15) is 5.69 Å². The second-order valence-electron chi connectivity index (χ2n) is 5.42. The number of fused-ring (bicyclic) bond motifs is 1. The fourth-order valence-corrected chi connectivity index (χ4v) is 2.92. The molecular weight excluding hydrogens is 473 g/mol. The molecule has 2 nitrogen and oxygen atoms in total. The summed E-state index contributed by atoms with van der Waals surface area (Å²) in [5.74, 6) is 0. The van der Waals surface area contributed by atoms with Crippen molar-refractivity contribution in [3.05, 3.63) is 63.4 Å². The van der Waals surface area contributed by atoms with Crippen molar-refractivity contribution in [2.75, 3.05) is 5.32 Å². The quantitative estimate of drug-likeness (QED) is 0.328. The zero-order valence-electron chi connectivity index (χ0n) is 12.7. The second kappa shape index (κ2) is 6.60. The molecule has 1 N–H and O–H groups in total. The first-order chi connectivity index (χ1) is 12.0. The highest BCUT2D eigenvalue weighted by atomic mass is 127. The molecule has 2 aromatic carbocycles. The number of anilines is 2. The van der Waals surface area contributed by atoms with Crippen LogP contribution in [0.4, 0.5) is 37.7 Å². The Morgan fingerprint density at radius 1 is 0.846 bits per heavy atom. The Morgan fingerprint density at radius 3 is 2.19 bits per heavy atom. The van der Waals surface area contributed by atoms with Gasteiger partial charge in [0, 0.05) is 14.6 Å². The number of benzene rings is 2. The largest absolute Gasteiger partial charge is 0.433 e. The Morgan fingerprint density at radius 2 is 1.58 bits per heavy atom. The van der Waals surface area contributed by atoms with Crippen molar-refractivity contribution in [3.63, 3.8) is 0 Å². The van der Waals surface area contributed by atoms with Crippen molar-refractivity contribution in [1.29, 1.82) is 0 Å². The van der Waals surface area contributed by atoms with E-state index in [-0.39, 0.29) is 16.6 Å². The highest BCUT2D eigenvalue weighted by Gasteiger charge is 2.35. The molecule has 0 saturated carbocycles. The van der Waals surface area contributed by atoms with Crippen molar-refractivity contribution >= 4 is 44.9 Å². The molecule has 0 amide bonds. The lowest BCUT2D eigenvalue weighted by atomic mass is 10.1. The number of pyridine rings is 1. The van der Waals surface area contributed by atoms with Crippen LogP contribution in [0.3, 0.4) is 0 Å². The van der Waals surface area contributed by atoms with E-state index in [4.69, 9.17) is 0 Å². The van der Waals surface area contributed by atoms with Crippen molar-refractivity contribution < 1.29 is 26.3 Å². The smallest absolute Gasteiger partial charge is 0.355 e. The lowest BCUT2D eigenvalue weighted by Crippen LogP contribution is -2.10. The molecule has 0 atom stereocenters. The number of halogens is 7. The van der Waals surface area contributed by atoms with Crippen molar-refractivity contribution in [1.82, 2.24) is 4.98 Å². The summed E-state index contributed by atoms with van der Waals surface area (Å²) in [4.78, 5) is 3.37. The molecule has 1 heterocycles. The minimum atomic E-state index is -4.79. The molecule has 26 heavy (non-hydrogen) atoms. The summed E-state index contributed by atoms with van der Waals surface area (Å²) in [5, 5.41) is 2.99. The predicted molar refractivity (Wildman–Crippen MR) is 94.2 cm³/mol. The van der Waals surface area contributed by atoms with E-state index in [1.54, 1.807) is 24.3 Å². The Kier molecular flexibility index (Phi) is 4.76. The lowest BCUT2D eigenvalue weighted by Gasteiger charge is -2.15. The van der Waals surface area contributed by atoms with Gasteiger partial charge in [0.15, 0.2) is 0 Å². The third-order valence-electron chi connectivity index (χ3n) is 3.53. The topological polar surface area (TPSA) is 24.9 Å². The highest BCUT2D eigenvalue weighted by molar-refractivity contribution is 14.1. The standard InChI is InChI=1S/C17H9F6IN2/c18-16(19,20)9-4-5-12-13(6-9)26-15(17(21,22)23)8-14(12)25-11-3-1-2-10(24)7-11/h1-8H,(H,25,26). The van der Waals surface area contributed by atoms with Gasteiger partial charge < -0.3 is 5.32 Å². The highest BCUT2D eigenvalue weighted by Crippen LogP contribution is 2.37. The minimum Gasteiger partial charge on any atom is -0.355 e. The number of nitrogens with zero attached hydrogens (tertiary/aromatic N) is 1. The van der Waals surface area contributed by atoms with Crippen LogP contribution in [0.25, 0.3) is 10.9 Å². The van der Waals surface area contributed by atoms with Gasteiger partial charge in [0.05, 0.1) is 16.8 Å². The van der Waals surface area contributed by atoms with Gasteiger partial charge in [0.2, 0.25) is 0 Å². The molecule has 1 aromatic heterocycles. The van der Waals surface area contributed by atoms with E-state index in [1.165, 1.54) is 0 Å². The Bertz CT molecular complexity index is 960. The molecule has 0 fully saturated rings. The molecule has 3 aromatic rings. The SMILES string of the molecule is FC(F)(F)c1ccc2c(Nc3cccc(I)c3)cc(C(F)(F)F)nc2c1. The number of hydrogen-bond acceptors (Lipinski definition) is 2. The van der Waals surface area contributed by atoms with E-state index in [2.05, 4.69) is 10.3 Å². The molecule has 0 aliphatic rings. The van der Waals surface area contributed by atoms with Gasteiger partial charge in [-0.15, -0.1) is 0 Å². The summed E-state index contributed by atoms with van der Waals surface area (Å²) in [6.45, 7) is 0. The number of hydrogen-bond donors (Lipinski definition) is 1. The van der Waals surface area contributed by atoms with Gasteiger partial charge in [0.25, 0.3) is 0 Å². The molecule has 136 valence electrons. The average molecular weight is 482 g/mol. The fourth-order valence-electron chi connectivity index (χ4n) is 2.38. The number of nitrogens with one attached hydrogen (secondary N) is 1. The van der Waals surface area contributed by atoms with Gasteiger partial charge in [-0.05, 0) is 59.0 Å².